The van der Waals surface area contributed by atoms with Gasteiger partial charge in [-0.15, -0.1) is 4.83 Å². The van der Waals surface area contributed by atoms with Crippen LogP contribution in [0.4, 0.5) is 0 Å². The van der Waals surface area contributed by atoms with Gasteiger partial charge < -0.3 is 4.57 Å². The minimum atomic E-state index is -4.01. The first-order chi connectivity index (χ1) is 10.8. The Labute approximate surface area is 141 Å². The number of hydrogen-bond acceptors (Lipinski definition) is 4. The zero-order valence-electron chi connectivity index (χ0n) is 11.5. The predicted molar refractivity (Wildman–Crippen MR) is 85.6 cm³/mol. The molecule has 0 fully saturated rings. The number of benzene rings is 1. The summed E-state index contributed by atoms with van der Waals surface area (Å²) in [6.07, 6.45) is 1.41. The predicted octanol–water partition coefficient (Wildman–Crippen LogP) is 1.16. The quantitative estimate of drug-likeness (QED) is 0.766. The maximum absolute atomic E-state index is 12.0. The van der Waals surface area contributed by atoms with Crippen molar-refractivity contribution in [3.63, 3.8) is 0 Å². The number of rotatable bonds is 5. The maximum atomic E-state index is 12.0. The highest BCUT2D eigenvalue weighted by atomic mass is 35.5. The van der Waals surface area contributed by atoms with Crippen LogP contribution in [-0.2, 0) is 21.4 Å². The normalized spacial score (nSPS) is 11.2. The lowest BCUT2D eigenvalue weighted by Gasteiger charge is -2.10. The van der Waals surface area contributed by atoms with Crippen LogP contribution in [0.25, 0.3) is 0 Å². The maximum Gasteiger partial charge on any atom is 0.257 e. The molecule has 1 aromatic heterocycles. The van der Waals surface area contributed by atoms with E-state index in [0.717, 1.165) is 10.6 Å². The van der Waals surface area contributed by atoms with E-state index in [2.05, 4.69) is 0 Å². The van der Waals surface area contributed by atoms with E-state index in [9.17, 15) is 18.0 Å². The minimum Gasteiger partial charge on any atom is -0.306 e. The molecule has 23 heavy (non-hydrogen) atoms. The molecule has 1 amide bonds. The van der Waals surface area contributed by atoms with E-state index in [-0.39, 0.29) is 27.0 Å². The number of halogens is 2. The third kappa shape index (κ3) is 4.55. The molecule has 0 saturated carbocycles. The zero-order chi connectivity index (χ0) is 17.0. The van der Waals surface area contributed by atoms with Crippen molar-refractivity contribution < 1.29 is 13.2 Å². The Balaban J connectivity index is 2.04. The number of aromatic nitrogens is 1. The second-order valence-corrected chi connectivity index (χ2v) is 6.89. The van der Waals surface area contributed by atoms with Gasteiger partial charge in [0, 0.05) is 12.3 Å². The van der Waals surface area contributed by atoms with Crippen molar-refractivity contribution >= 4 is 39.1 Å². The highest BCUT2D eigenvalue weighted by molar-refractivity contribution is 7.89. The van der Waals surface area contributed by atoms with Gasteiger partial charge in [0.1, 0.15) is 6.54 Å². The first kappa shape index (κ1) is 17.5. The average molecular weight is 376 g/mol. The van der Waals surface area contributed by atoms with Gasteiger partial charge in [0.25, 0.3) is 21.5 Å². The summed E-state index contributed by atoms with van der Waals surface area (Å²) >= 11 is 11.5. The lowest BCUT2D eigenvalue weighted by molar-refractivity contribution is -0.122. The van der Waals surface area contributed by atoms with Gasteiger partial charge in [0.15, 0.2) is 0 Å². The summed E-state index contributed by atoms with van der Waals surface area (Å²) in [4.78, 5) is 24.9. The monoisotopic (exact) mass is 375 g/mol. The number of pyridine rings is 1. The fourth-order valence-electron chi connectivity index (χ4n) is 1.61. The number of nitrogens with zero attached hydrogens (tertiary/aromatic N) is 1. The van der Waals surface area contributed by atoms with E-state index in [1.165, 1.54) is 30.5 Å². The van der Waals surface area contributed by atoms with Crippen molar-refractivity contribution in [3.05, 3.63) is 63.0 Å². The Morgan fingerprint density at radius 2 is 1.87 bits per heavy atom. The second kappa shape index (κ2) is 7.14. The Bertz CT molecular complexity index is 896. The topological polar surface area (TPSA) is 97.3 Å². The van der Waals surface area contributed by atoms with Gasteiger partial charge in [-0.3, -0.25) is 15.0 Å². The van der Waals surface area contributed by atoms with E-state index in [0.29, 0.717) is 0 Å². The second-order valence-electron chi connectivity index (χ2n) is 4.40. The third-order valence-electron chi connectivity index (χ3n) is 2.74. The molecule has 0 aliphatic carbocycles. The smallest absolute Gasteiger partial charge is 0.257 e. The molecular weight excluding hydrogens is 365 g/mol. The van der Waals surface area contributed by atoms with Gasteiger partial charge in [-0.25, -0.2) is 8.42 Å². The highest BCUT2D eigenvalue weighted by Crippen LogP contribution is 2.24. The van der Waals surface area contributed by atoms with Gasteiger partial charge in [0.05, 0.1) is 14.9 Å². The van der Waals surface area contributed by atoms with Crippen molar-refractivity contribution in [3.8, 4) is 0 Å². The molecule has 0 radical (unpaired) electrons. The van der Waals surface area contributed by atoms with Crippen LogP contribution < -0.4 is 15.8 Å². The van der Waals surface area contributed by atoms with Gasteiger partial charge in [-0.05, 0) is 24.3 Å². The van der Waals surface area contributed by atoms with Crippen LogP contribution in [0, 0.1) is 0 Å². The molecule has 2 rings (SSSR count). The zero-order valence-corrected chi connectivity index (χ0v) is 13.8. The molecule has 0 bridgehead atoms. The van der Waals surface area contributed by atoms with Crippen molar-refractivity contribution in [1.29, 1.82) is 0 Å². The molecule has 2 N–H and O–H groups in total. The molecule has 122 valence electrons. The van der Waals surface area contributed by atoms with Crippen molar-refractivity contribution in [1.82, 2.24) is 14.8 Å². The summed E-state index contributed by atoms with van der Waals surface area (Å²) in [6.45, 7) is -0.330. The molecule has 0 saturated heterocycles. The molecule has 1 heterocycles. The summed E-state index contributed by atoms with van der Waals surface area (Å²) in [5, 5.41) is 0.273. The molecule has 2 aromatic rings. The molecule has 7 nitrogen and oxygen atoms in total. The molecule has 10 heteroatoms. The summed E-state index contributed by atoms with van der Waals surface area (Å²) in [6, 6.07) is 8.11. The lowest BCUT2D eigenvalue weighted by atomic mass is 10.4. The summed E-state index contributed by atoms with van der Waals surface area (Å²) in [5.74, 6) is -0.707. The number of sulfonamides is 1. The van der Waals surface area contributed by atoms with Gasteiger partial charge in [-0.1, -0.05) is 29.3 Å². The van der Waals surface area contributed by atoms with Gasteiger partial charge in [-0.2, -0.15) is 0 Å². The summed E-state index contributed by atoms with van der Waals surface area (Å²) in [7, 11) is -4.01. The van der Waals surface area contributed by atoms with E-state index in [4.69, 9.17) is 23.2 Å². The van der Waals surface area contributed by atoms with E-state index < -0.39 is 15.9 Å². The summed E-state index contributed by atoms with van der Waals surface area (Å²) in [5.41, 5.74) is 1.64. The Morgan fingerprint density at radius 3 is 2.52 bits per heavy atom. The largest absolute Gasteiger partial charge is 0.306 e. The molecule has 0 aliphatic heterocycles. The fraction of sp³-hybridized carbons (Fsp3) is 0.0769. The SMILES string of the molecule is O=C(Cn1ccccc1=O)NNS(=O)(=O)c1ccc(Cl)c(Cl)c1. The Hall–Kier alpha value is -1.87. The van der Waals surface area contributed by atoms with E-state index in [1.54, 1.807) is 6.07 Å². The number of hydrazine groups is 1. The molecule has 1 aromatic carbocycles. The van der Waals surface area contributed by atoms with E-state index >= 15 is 0 Å². The molecule has 0 atom stereocenters. The molecule has 0 unspecified atom stereocenters. The van der Waals surface area contributed by atoms with Crippen LogP contribution >= 0.6 is 23.2 Å². The average Bonchev–Trinajstić information content (AvgIpc) is 2.50. The third-order valence-corrected chi connectivity index (χ3v) is 4.72. The number of amides is 1. The van der Waals surface area contributed by atoms with Crippen LogP contribution in [0.5, 0.6) is 0 Å². The summed E-state index contributed by atoms with van der Waals surface area (Å²) < 4.78 is 25.2. The van der Waals surface area contributed by atoms with E-state index in [1.807, 2.05) is 10.3 Å². The van der Waals surface area contributed by atoms with Crippen molar-refractivity contribution in [2.24, 2.45) is 0 Å². The van der Waals surface area contributed by atoms with Crippen LogP contribution in [0.3, 0.4) is 0 Å². The fourth-order valence-corrected chi connectivity index (χ4v) is 2.86. The molecular formula is C13H11Cl2N3O4S. The van der Waals surface area contributed by atoms with Crippen LogP contribution in [0.15, 0.2) is 52.3 Å². The standard InChI is InChI=1S/C13H11Cl2N3O4S/c14-10-5-4-9(7-11(10)15)23(21,22)17-16-12(19)8-18-6-2-1-3-13(18)20/h1-7,17H,8H2,(H,16,19). The Kier molecular flexibility index (Phi) is 5.42. The number of carbonyl (C=O) groups is 1. The minimum absolute atomic E-state index is 0.0664. The van der Waals surface area contributed by atoms with Crippen molar-refractivity contribution in [2.45, 2.75) is 11.4 Å². The first-order valence-electron chi connectivity index (χ1n) is 6.21. The van der Waals surface area contributed by atoms with Crippen LogP contribution in [0.1, 0.15) is 0 Å². The highest BCUT2D eigenvalue weighted by Gasteiger charge is 2.16. The number of hydrogen-bond donors (Lipinski definition) is 2. The molecule has 0 aliphatic rings. The number of carbonyl (C=O) groups excluding carboxylic acids is 1. The number of nitrogens with one attached hydrogen (secondary N) is 2. The van der Waals surface area contributed by atoms with Gasteiger partial charge >= 0.3 is 0 Å². The van der Waals surface area contributed by atoms with Crippen LogP contribution in [-0.4, -0.2) is 18.9 Å². The van der Waals surface area contributed by atoms with Gasteiger partial charge in [0.2, 0.25) is 0 Å². The first-order valence-corrected chi connectivity index (χ1v) is 8.45. The Morgan fingerprint density at radius 1 is 1.13 bits per heavy atom. The molecule has 0 spiro atoms. The van der Waals surface area contributed by atoms with Crippen LogP contribution in [0.2, 0.25) is 10.0 Å². The van der Waals surface area contributed by atoms with Crippen molar-refractivity contribution in [2.75, 3.05) is 0 Å². The lowest BCUT2D eigenvalue weighted by Crippen LogP contribution is -2.44.